The molecule has 20 heavy (non-hydrogen) atoms. The quantitative estimate of drug-likeness (QED) is 0.717. The van der Waals surface area contributed by atoms with Crippen LogP contribution in [0.15, 0.2) is 6.20 Å². The zero-order valence-electron chi connectivity index (χ0n) is 13.2. The van der Waals surface area contributed by atoms with Gasteiger partial charge in [0.1, 0.15) is 0 Å². The number of nitrogens with one attached hydrogen (secondary N) is 1. The molecular formula is C15H28ClN3O. The van der Waals surface area contributed by atoms with Crippen molar-refractivity contribution in [2.45, 2.75) is 52.6 Å². The monoisotopic (exact) mass is 301 g/mol. The van der Waals surface area contributed by atoms with Crippen molar-refractivity contribution in [2.24, 2.45) is 5.92 Å². The van der Waals surface area contributed by atoms with Gasteiger partial charge in [0.05, 0.1) is 36.1 Å². The van der Waals surface area contributed by atoms with E-state index in [0.29, 0.717) is 12.5 Å². The molecule has 1 heterocycles. The minimum atomic E-state index is 0.261. The van der Waals surface area contributed by atoms with Crippen LogP contribution >= 0.6 is 11.6 Å². The molecule has 0 fully saturated rings. The molecule has 0 aliphatic carbocycles. The van der Waals surface area contributed by atoms with Gasteiger partial charge in [0.15, 0.2) is 0 Å². The summed E-state index contributed by atoms with van der Waals surface area (Å²) in [5, 5.41) is 8.79. The molecule has 0 bridgehead atoms. The number of aromatic nitrogens is 2. The third-order valence-corrected chi connectivity index (χ3v) is 4.06. The maximum Gasteiger partial charge on any atom is 0.0834 e. The van der Waals surface area contributed by atoms with Crippen LogP contribution in [0, 0.1) is 5.92 Å². The van der Waals surface area contributed by atoms with Gasteiger partial charge < -0.3 is 10.1 Å². The van der Waals surface area contributed by atoms with Gasteiger partial charge in [-0.15, -0.1) is 0 Å². The van der Waals surface area contributed by atoms with Gasteiger partial charge in [0.2, 0.25) is 0 Å². The van der Waals surface area contributed by atoms with E-state index in [0.717, 1.165) is 43.1 Å². The summed E-state index contributed by atoms with van der Waals surface area (Å²) in [6.45, 7) is 9.03. The van der Waals surface area contributed by atoms with E-state index in [1.165, 1.54) is 0 Å². The zero-order valence-corrected chi connectivity index (χ0v) is 13.9. The van der Waals surface area contributed by atoms with Crippen molar-refractivity contribution < 1.29 is 4.74 Å². The molecule has 116 valence electrons. The van der Waals surface area contributed by atoms with Gasteiger partial charge in [-0.1, -0.05) is 45.2 Å². The molecule has 0 aromatic carbocycles. The fourth-order valence-corrected chi connectivity index (χ4v) is 2.84. The Balaban J connectivity index is 3.01. The topological polar surface area (TPSA) is 39.1 Å². The Labute approximate surface area is 127 Å². The SMILES string of the molecule is CCCNC(c1c(Cl)cnn1CCOC)C(CC)CC. The summed E-state index contributed by atoms with van der Waals surface area (Å²) in [5.41, 5.74) is 1.10. The van der Waals surface area contributed by atoms with Gasteiger partial charge >= 0.3 is 0 Å². The summed E-state index contributed by atoms with van der Waals surface area (Å²) >= 11 is 6.39. The van der Waals surface area contributed by atoms with Crippen LogP contribution in [0.25, 0.3) is 0 Å². The van der Waals surface area contributed by atoms with Gasteiger partial charge in [-0.2, -0.15) is 5.10 Å². The van der Waals surface area contributed by atoms with Crippen molar-refractivity contribution in [3.05, 3.63) is 16.9 Å². The van der Waals surface area contributed by atoms with E-state index in [2.05, 4.69) is 31.2 Å². The lowest BCUT2D eigenvalue weighted by Crippen LogP contribution is -2.31. The summed E-state index contributed by atoms with van der Waals surface area (Å²) in [5.74, 6) is 0.567. The first kappa shape index (κ1) is 17.5. The number of ether oxygens (including phenoxy) is 1. The van der Waals surface area contributed by atoms with Gasteiger partial charge in [0.25, 0.3) is 0 Å². The maximum atomic E-state index is 6.39. The van der Waals surface area contributed by atoms with Crippen molar-refractivity contribution in [3.8, 4) is 0 Å². The first-order chi connectivity index (χ1) is 9.69. The molecule has 0 saturated heterocycles. The number of nitrogens with zero attached hydrogens (tertiary/aromatic N) is 2. The maximum absolute atomic E-state index is 6.39. The van der Waals surface area contributed by atoms with Crippen LogP contribution < -0.4 is 5.32 Å². The van der Waals surface area contributed by atoms with Crippen LogP contribution in [0.3, 0.4) is 0 Å². The highest BCUT2D eigenvalue weighted by molar-refractivity contribution is 6.31. The second kappa shape index (κ2) is 9.37. The van der Waals surface area contributed by atoms with Crippen molar-refractivity contribution in [3.63, 3.8) is 0 Å². The molecule has 1 aromatic heterocycles. The average Bonchev–Trinajstić information content (AvgIpc) is 2.82. The predicted octanol–water partition coefficient (Wildman–Crippen LogP) is 3.66. The molecule has 1 aromatic rings. The minimum absolute atomic E-state index is 0.261. The molecule has 1 N–H and O–H groups in total. The van der Waals surface area contributed by atoms with Crippen molar-refractivity contribution in [1.82, 2.24) is 15.1 Å². The lowest BCUT2D eigenvalue weighted by atomic mass is 9.91. The third-order valence-electron chi connectivity index (χ3n) is 3.77. The molecule has 0 aliphatic heterocycles. The molecule has 0 aliphatic rings. The summed E-state index contributed by atoms with van der Waals surface area (Å²) in [4.78, 5) is 0. The molecule has 4 nitrogen and oxygen atoms in total. The van der Waals surface area contributed by atoms with E-state index < -0.39 is 0 Å². The highest BCUT2D eigenvalue weighted by Gasteiger charge is 2.25. The fraction of sp³-hybridized carbons (Fsp3) is 0.800. The van der Waals surface area contributed by atoms with E-state index in [9.17, 15) is 0 Å². The normalized spacial score (nSPS) is 13.1. The van der Waals surface area contributed by atoms with Crippen LogP contribution in [-0.4, -0.2) is 30.0 Å². The predicted molar refractivity (Wildman–Crippen MR) is 84.2 cm³/mol. The minimum Gasteiger partial charge on any atom is -0.383 e. The first-order valence-electron chi connectivity index (χ1n) is 7.62. The first-order valence-corrected chi connectivity index (χ1v) is 8.00. The van der Waals surface area contributed by atoms with E-state index in [1.54, 1.807) is 13.3 Å². The van der Waals surface area contributed by atoms with Crippen LogP contribution in [0.4, 0.5) is 0 Å². The molecule has 0 radical (unpaired) electrons. The molecular weight excluding hydrogens is 274 g/mol. The largest absolute Gasteiger partial charge is 0.383 e. The molecule has 0 saturated carbocycles. The van der Waals surface area contributed by atoms with Crippen molar-refractivity contribution >= 4 is 11.6 Å². The number of hydrogen-bond donors (Lipinski definition) is 1. The Morgan fingerprint density at radius 3 is 2.60 bits per heavy atom. The van der Waals surface area contributed by atoms with Gasteiger partial charge in [-0.3, -0.25) is 4.68 Å². The van der Waals surface area contributed by atoms with Crippen molar-refractivity contribution in [2.75, 3.05) is 20.3 Å². The smallest absolute Gasteiger partial charge is 0.0834 e. The second-order valence-electron chi connectivity index (χ2n) is 5.10. The molecule has 5 heteroatoms. The Morgan fingerprint density at radius 1 is 1.35 bits per heavy atom. The standard InChI is InChI=1S/C15H28ClN3O/c1-5-8-17-14(12(6-2)7-3)15-13(16)11-18-19(15)9-10-20-4/h11-12,14,17H,5-10H2,1-4H3. The molecule has 1 unspecified atom stereocenters. The molecule has 0 spiro atoms. The van der Waals surface area contributed by atoms with E-state index >= 15 is 0 Å². The fourth-order valence-electron chi connectivity index (χ4n) is 2.58. The Morgan fingerprint density at radius 2 is 2.05 bits per heavy atom. The number of methoxy groups -OCH3 is 1. The Hall–Kier alpha value is -0.580. The Bertz CT molecular complexity index is 377. The van der Waals surface area contributed by atoms with Crippen LogP contribution in [0.1, 0.15) is 51.8 Å². The van der Waals surface area contributed by atoms with Crippen LogP contribution in [0.2, 0.25) is 5.02 Å². The molecule has 0 amide bonds. The van der Waals surface area contributed by atoms with E-state index in [-0.39, 0.29) is 6.04 Å². The number of rotatable bonds is 10. The van der Waals surface area contributed by atoms with Gasteiger partial charge in [-0.25, -0.2) is 0 Å². The van der Waals surface area contributed by atoms with E-state index in [4.69, 9.17) is 16.3 Å². The average molecular weight is 302 g/mol. The summed E-state index contributed by atoms with van der Waals surface area (Å²) in [6, 6.07) is 0.261. The highest BCUT2D eigenvalue weighted by atomic mass is 35.5. The van der Waals surface area contributed by atoms with Crippen LogP contribution in [-0.2, 0) is 11.3 Å². The third kappa shape index (κ3) is 4.47. The van der Waals surface area contributed by atoms with E-state index in [1.807, 2.05) is 4.68 Å². The number of halogens is 1. The van der Waals surface area contributed by atoms with Gasteiger partial charge in [-0.05, 0) is 18.9 Å². The number of hydrogen-bond acceptors (Lipinski definition) is 3. The molecule has 1 atom stereocenters. The summed E-state index contributed by atoms with van der Waals surface area (Å²) in [7, 11) is 1.71. The van der Waals surface area contributed by atoms with Crippen LogP contribution in [0.5, 0.6) is 0 Å². The zero-order chi connectivity index (χ0) is 15.0. The highest BCUT2D eigenvalue weighted by Crippen LogP contribution is 2.32. The Kier molecular flexibility index (Phi) is 8.19. The lowest BCUT2D eigenvalue weighted by Gasteiger charge is -2.27. The summed E-state index contributed by atoms with van der Waals surface area (Å²) in [6.07, 6.45) is 5.11. The lowest BCUT2D eigenvalue weighted by molar-refractivity contribution is 0.180. The van der Waals surface area contributed by atoms with Gasteiger partial charge in [0, 0.05) is 7.11 Å². The second-order valence-corrected chi connectivity index (χ2v) is 5.51. The van der Waals surface area contributed by atoms with Crippen molar-refractivity contribution in [1.29, 1.82) is 0 Å². The summed E-state index contributed by atoms with van der Waals surface area (Å²) < 4.78 is 7.14. The molecule has 1 rings (SSSR count).